The maximum atomic E-state index is 12.6. The molecule has 0 aliphatic carbocycles. The van der Waals surface area contributed by atoms with E-state index in [1.807, 2.05) is 12.1 Å². The van der Waals surface area contributed by atoms with Gasteiger partial charge in [-0.3, -0.25) is 0 Å². The van der Waals surface area contributed by atoms with E-state index in [-0.39, 0.29) is 4.90 Å². The summed E-state index contributed by atoms with van der Waals surface area (Å²) in [4.78, 5) is 0.206. The zero-order valence-electron chi connectivity index (χ0n) is 10.7. The molecule has 0 spiro atoms. The number of rotatable bonds is 3. The van der Waals surface area contributed by atoms with Gasteiger partial charge < -0.3 is 4.74 Å². The molecular weight excluding hydrogens is 276 g/mol. The van der Waals surface area contributed by atoms with Crippen molar-refractivity contribution in [2.45, 2.75) is 4.90 Å². The highest BCUT2D eigenvalue weighted by Gasteiger charge is 2.21. The third-order valence-corrected chi connectivity index (χ3v) is 4.69. The van der Waals surface area contributed by atoms with Gasteiger partial charge in [-0.2, -0.15) is 17.6 Å². The second-order valence-electron chi connectivity index (χ2n) is 4.20. The Kier molecular flexibility index (Phi) is 2.94. The minimum atomic E-state index is -3.70. The standard InChI is InChI=1S/C14H12N2O3S/c1-19-13-7-8-14(12-6-3-2-5-11(12)13)20(17,18)16-10-4-9-15-16/h2-10H,1H3. The molecule has 102 valence electrons. The van der Waals surface area contributed by atoms with Gasteiger partial charge in [0.15, 0.2) is 0 Å². The molecule has 1 aromatic heterocycles. The molecule has 0 aliphatic heterocycles. The number of methoxy groups -OCH3 is 1. The van der Waals surface area contributed by atoms with Crippen molar-refractivity contribution in [2.75, 3.05) is 7.11 Å². The van der Waals surface area contributed by atoms with Crippen LogP contribution in [0.25, 0.3) is 10.8 Å². The molecule has 3 rings (SSSR count). The Morgan fingerprint density at radius 1 is 1.05 bits per heavy atom. The number of benzene rings is 2. The largest absolute Gasteiger partial charge is 0.496 e. The molecule has 0 N–H and O–H groups in total. The Morgan fingerprint density at radius 3 is 2.45 bits per heavy atom. The summed E-state index contributed by atoms with van der Waals surface area (Å²) >= 11 is 0. The van der Waals surface area contributed by atoms with Crippen LogP contribution in [0, 0.1) is 0 Å². The molecular formula is C14H12N2O3S. The number of fused-ring (bicyclic) bond motifs is 1. The van der Waals surface area contributed by atoms with E-state index in [1.165, 1.54) is 18.5 Å². The van der Waals surface area contributed by atoms with Crippen LogP contribution < -0.4 is 4.74 Å². The van der Waals surface area contributed by atoms with Crippen LogP contribution in [0.5, 0.6) is 5.75 Å². The molecule has 0 saturated heterocycles. The molecule has 0 atom stereocenters. The Bertz CT molecular complexity index is 855. The Morgan fingerprint density at radius 2 is 1.80 bits per heavy atom. The molecule has 0 bridgehead atoms. The van der Waals surface area contributed by atoms with Gasteiger partial charge in [-0.15, -0.1) is 0 Å². The van der Waals surface area contributed by atoms with Crippen molar-refractivity contribution >= 4 is 20.8 Å². The van der Waals surface area contributed by atoms with Crippen molar-refractivity contribution < 1.29 is 13.2 Å². The van der Waals surface area contributed by atoms with Crippen LogP contribution in [0.3, 0.4) is 0 Å². The first-order valence-electron chi connectivity index (χ1n) is 5.95. The Hall–Kier alpha value is -2.34. The van der Waals surface area contributed by atoms with Crippen molar-refractivity contribution in [2.24, 2.45) is 0 Å². The Labute approximate surface area is 116 Å². The van der Waals surface area contributed by atoms with E-state index in [9.17, 15) is 8.42 Å². The molecule has 0 aliphatic rings. The first-order chi connectivity index (χ1) is 9.64. The minimum absolute atomic E-state index is 0.206. The van der Waals surface area contributed by atoms with Crippen molar-refractivity contribution in [3.63, 3.8) is 0 Å². The van der Waals surface area contributed by atoms with Crippen molar-refractivity contribution in [1.82, 2.24) is 9.19 Å². The number of hydrogen-bond donors (Lipinski definition) is 0. The summed E-state index contributed by atoms with van der Waals surface area (Å²) in [6.45, 7) is 0. The first kappa shape index (κ1) is 12.7. The molecule has 0 fully saturated rings. The third-order valence-electron chi connectivity index (χ3n) is 3.07. The van der Waals surface area contributed by atoms with Gasteiger partial charge in [-0.1, -0.05) is 24.3 Å². The van der Waals surface area contributed by atoms with Gasteiger partial charge in [0, 0.05) is 17.0 Å². The monoisotopic (exact) mass is 288 g/mol. The van der Waals surface area contributed by atoms with Gasteiger partial charge in [0.2, 0.25) is 0 Å². The maximum Gasteiger partial charge on any atom is 0.283 e. The quantitative estimate of drug-likeness (QED) is 0.742. The lowest BCUT2D eigenvalue weighted by molar-refractivity contribution is 0.419. The smallest absolute Gasteiger partial charge is 0.283 e. The molecule has 2 aromatic carbocycles. The average Bonchev–Trinajstić information content (AvgIpc) is 3.01. The molecule has 3 aromatic rings. The summed E-state index contributed by atoms with van der Waals surface area (Å²) < 4.78 is 31.4. The van der Waals surface area contributed by atoms with Crippen LogP contribution >= 0.6 is 0 Å². The first-order valence-corrected chi connectivity index (χ1v) is 7.39. The molecule has 6 heteroatoms. The van der Waals surface area contributed by atoms with Crippen LogP contribution in [-0.4, -0.2) is 24.7 Å². The molecule has 0 amide bonds. The van der Waals surface area contributed by atoms with Crippen LogP contribution in [-0.2, 0) is 10.0 Å². The summed E-state index contributed by atoms with van der Waals surface area (Å²) in [7, 11) is -2.14. The average molecular weight is 288 g/mol. The van der Waals surface area contributed by atoms with E-state index in [1.54, 1.807) is 31.4 Å². The molecule has 1 heterocycles. The van der Waals surface area contributed by atoms with Crippen LogP contribution in [0.15, 0.2) is 59.8 Å². The predicted octanol–water partition coefficient (Wildman–Crippen LogP) is 2.28. The molecule has 0 radical (unpaired) electrons. The maximum absolute atomic E-state index is 12.6. The third kappa shape index (κ3) is 1.85. The topological polar surface area (TPSA) is 61.2 Å². The summed E-state index contributed by atoms with van der Waals surface area (Å²) in [6.07, 6.45) is 2.84. The minimum Gasteiger partial charge on any atom is -0.496 e. The highest BCUT2D eigenvalue weighted by molar-refractivity contribution is 7.90. The highest BCUT2D eigenvalue weighted by Crippen LogP contribution is 2.31. The van der Waals surface area contributed by atoms with E-state index in [0.717, 1.165) is 9.47 Å². The molecule has 0 saturated carbocycles. The Balaban J connectivity index is 2.34. The van der Waals surface area contributed by atoms with Crippen molar-refractivity contribution in [3.8, 4) is 5.75 Å². The highest BCUT2D eigenvalue weighted by atomic mass is 32.2. The number of nitrogens with zero attached hydrogens (tertiary/aromatic N) is 2. The summed E-state index contributed by atoms with van der Waals surface area (Å²) in [6, 6.07) is 12.0. The number of aromatic nitrogens is 2. The second kappa shape index (κ2) is 4.64. The van der Waals surface area contributed by atoms with E-state index in [0.29, 0.717) is 11.1 Å². The summed E-state index contributed by atoms with van der Waals surface area (Å²) in [5, 5.41) is 5.18. The van der Waals surface area contributed by atoms with Gasteiger partial charge in [0.25, 0.3) is 10.0 Å². The van der Waals surface area contributed by atoms with E-state index in [4.69, 9.17) is 4.74 Å². The fourth-order valence-electron chi connectivity index (χ4n) is 2.14. The lowest BCUT2D eigenvalue weighted by Gasteiger charge is -2.11. The lowest BCUT2D eigenvalue weighted by Crippen LogP contribution is -2.13. The summed E-state index contributed by atoms with van der Waals surface area (Å²) in [5.41, 5.74) is 0. The van der Waals surface area contributed by atoms with E-state index < -0.39 is 10.0 Å². The molecule has 5 nitrogen and oxygen atoms in total. The molecule has 0 unspecified atom stereocenters. The SMILES string of the molecule is COc1ccc(S(=O)(=O)n2cccn2)c2ccccc12. The van der Waals surface area contributed by atoms with Crippen LogP contribution in [0.2, 0.25) is 0 Å². The van der Waals surface area contributed by atoms with Gasteiger partial charge >= 0.3 is 0 Å². The van der Waals surface area contributed by atoms with E-state index in [2.05, 4.69) is 5.10 Å². The van der Waals surface area contributed by atoms with E-state index >= 15 is 0 Å². The van der Waals surface area contributed by atoms with Gasteiger partial charge in [0.1, 0.15) is 5.75 Å². The lowest BCUT2D eigenvalue weighted by atomic mass is 10.1. The fraction of sp³-hybridized carbons (Fsp3) is 0.0714. The number of ether oxygens (including phenoxy) is 1. The van der Waals surface area contributed by atoms with Gasteiger partial charge in [0.05, 0.1) is 18.2 Å². The van der Waals surface area contributed by atoms with Crippen LogP contribution in [0.1, 0.15) is 0 Å². The zero-order valence-corrected chi connectivity index (χ0v) is 11.5. The fourth-order valence-corrected chi connectivity index (χ4v) is 3.45. The van der Waals surface area contributed by atoms with Gasteiger partial charge in [-0.25, -0.2) is 0 Å². The van der Waals surface area contributed by atoms with Crippen LogP contribution in [0.4, 0.5) is 0 Å². The number of hydrogen-bond acceptors (Lipinski definition) is 4. The molecule has 20 heavy (non-hydrogen) atoms. The van der Waals surface area contributed by atoms with Gasteiger partial charge in [-0.05, 0) is 18.2 Å². The second-order valence-corrected chi connectivity index (χ2v) is 5.96. The van der Waals surface area contributed by atoms with Crippen molar-refractivity contribution in [1.29, 1.82) is 0 Å². The summed E-state index contributed by atoms with van der Waals surface area (Å²) in [5.74, 6) is 0.639. The normalized spacial score (nSPS) is 11.7. The predicted molar refractivity (Wildman–Crippen MR) is 75.3 cm³/mol. The zero-order chi connectivity index (χ0) is 14.2. The van der Waals surface area contributed by atoms with Crippen molar-refractivity contribution in [3.05, 3.63) is 54.9 Å².